The number of benzene rings is 1. The van der Waals surface area contributed by atoms with Crippen molar-refractivity contribution in [2.75, 3.05) is 13.7 Å². The Kier molecular flexibility index (Phi) is 5.65. The van der Waals surface area contributed by atoms with Crippen LogP contribution < -0.4 is 15.8 Å². The van der Waals surface area contributed by atoms with Gasteiger partial charge < -0.3 is 15.8 Å². The van der Waals surface area contributed by atoms with Gasteiger partial charge in [0.05, 0.1) is 13.5 Å². The van der Waals surface area contributed by atoms with Crippen molar-refractivity contribution in [1.29, 1.82) is 0 Å². The van der Waals surface area contributed by atoms with E-state index < -0.39 is 0 Å². The molecule has 0 aliphatic carbocycles. The van der Waals surface area contributed by atoms with Crippen molar-refractivity contribution < 1.29 is 9.53 Å². The van der Waals surface area contributed by atoms with E-state index >= 15 is 0 Å². The molecule has 100 valence electrons. The highest BCUT2D eigenvalue weighted by Crippen LogP contribution is 2.12. The number of amides is 1. The standard InChI is InChI=1S/C14H22N2O2/c1-10(2)13(15)9-16-14(17)8-11-5-4-6-12(7-11)18-3/h4-7,10,13H,8-9,15H2,1-3H3,(H,16,17). The summed E-state index contributed by atoms with van der Waals surface area (Å²) in [7, 11) is 1.61. The maximum Gasteiger partial charge on any atom is 0.224 e. The van der Waals surface area contributed by atoms with Crippen molar-refractivity contribution in [3.05, 3.63) is 29.8 Å². The molecule has 0 aromatic heterocycles. The Bertz CT molecular complexity index is 391. The van der Waals surface area contributed by atoms with Crippen LogP contribution in [0.25, 0.3) is 0 Å². The van der Waals surface area contributed by atoms with E-state index in [1.54, 1.807) is 7.11 Å². The van der Waals surface area contributed by atoms with Crippen molar-refractivity contribution in [1.82, 2.24) is 5.32 Å². The van der Waals surface area contributed by atoms with E-state index in [4.69, 9.17) is 10.5 Å². The van der Waals surface area contributed by atoms with Gasteiger partial charge in [0.15, 0.2) is 0 Å². The Morgan fingerprint density at radius 1 is 1.44 bits per heavy atom. The van der Waals surface area contributed by atoms with Crippen LogP contribution in [0, 0.1) is 5.92 Å². The van der Waals surface area contributed by atoms with E-state index in [9.17, 15) is 4.79 Å². The number of nitrogens with two attached hydrogens (primary N) is 1. The summed E-state index contributed by atoms with van der Waals surface area (Å²) in [6.45, 7) is 4.60. The molecule has 3 N–H and O–H groups in total. The van der Waals surface area contributed by atoms with Gasteiger partial charge in [-0.15, -0.1) is 0 Å². The third kappa shape index (κ3) is 4.75. The van der Waals surface area contributed by atoms with E-state index in [0.717, 1.165) is 11.3 Å². The molecular weight excluding hydrogens is 228 g/mol. The highest BCUT2D eigenvalue weighted by molar-refractivity contribution is 5.78. The fraction of sp³-hybridized carbons (Fsp3) is 0.500. The summed E-state index contributed by atoms with van der Waals surface area (Å²) < 4.78 is 5.11. The molecular formula is C14H22N2O2. The number of hydrogen-bond donors (Lipinski definition) is 2. The molecule has 18 heavy (non-hydrogen) atoms. The second kappa shape index (κ2) is 7.01. The van der Waals surface area contributed by atoms with Gasteiger partial charge in [-0.1, -0.05) is 26.0 Å². The first-order chi connectivity index (χ1) is 8.52. The number of nitrogens with one attached hydrogen (secondary N) is 1. The van der Waals surface area contributed by atoms with Gasteiger partial charge >= 0.3 is 0 Å². The molecule has 0 saturated heterocycles. The van der Waals surface area contributed by atoms with Gasteiger partial charge in [-0.25, -0.2) is 0 Å². The summed E-state index contributed by atoms with van der Waals surface area (Å²) in [6.07, 6.45) is 0.349. The van der Waals surface area contributed by atoms with Crippen molar-refractivity contribution in [3.8, 4) is 5.75 Å². The molecule has 0 fully saturated rings. The highest BCUT2D eigenvalue weighted by atomic mass is 16.5. The lowest BCUT2D eigenvalue weighted by atomic mass is 10.1. The fourth-order valence-electron chi connectivity index (χ4n) is 1.50. The summed E-state index contributed by atoms with van der Waals surface area (Å²) in [4.78, 5) is 11.7. The summed E-state index contributed by atoms with van der Waals surface area (Å²) in [5.74, 6) is 1.11. The number of methoxy groups -OCH3 is 1. The van der Waals surface area contributed by atoms with Gasteiger partial charge in [-0.3, -0.25) is 4.79 Å². The zero-order valence-electron chi connectivity index (χ0n) is 11.3. The lowest BCUT2D eigenvalue weighted by molar-refractivity contribution is -0.120. The molecule has 0 saturated carbocycles. The molecule has 0 aliphatic rings. The SMILES string of the molecule is COc1cccc(CC(=O)NCC(N)C(C)C)c1. The minimum atomic E-state index is -0.0145. The third-order valence-corrected chi connectivity index (χ3v) is 2.89. The van der Waals surface area contributed by atoms with Gasteiger partial charge in [-0.2, -0.15) is 0 Å². The molecule has 1 aromatic rings. The van der Waals surface area contributed by atoms with Crippen LogP contribution in [0.3, 0.4) is 0 Å². The molecule has 0 spiro atoms. The van der Waals surface area contributed by atoms with E-state index in [-0.39, 0.29) is 11.9 Å². The summed E-state index contributed by atoms with van der Waals surface area (Å²) >= 11 is 0. The van der Waals surface area contributed by atoms with Crippen molar-refractivity contribution >= 4 is 5.91 Å². The van der Waals surface area contributed by atoms with Crippen LogP contribution in [-0.2, 0) is 11.2 Å². The van der Waals surface area contributed by atoms with Gasteiger partial charge in [0, 0.05) is 12.6 Å². The monoisotopic (exact) mass is 250 g/mol. The van der Waals surface area contributed by atoms with Gasteiger partial charge in [-0.05, 0) is 23.6 Å². The lowest BCUT2D eigenvalue weighted by Crippen LogP contribution is -2.40. The first-order valence-electron chi connectivity index (χ1n) is 6.18. The van der Waals surface area contributed by atoms with E-state index in [2.05, 4.69) is 5.32 Å². The van der Waals surface area contributed by atoms with Gasteiger partial charge in [0.2, 0.25) is 5.91 Å². The van der Waals surface area contributed by atoms with Crippen molar-refractivity contribution in [2.45, 2.75) is 26.3 Å². The largest absolute Gasteiger partial charge is 0.497 e. The first-order valence-corrected chi connectivity index (χ1v) is 6.18. The van der Waals surface area contributed by atoms with E-state index in [1.807, 2.05) is 38.1 Å². The highest BCUT2D eigenvalue weighted by Gasteiger charge is 2.10. The molecule has 0 bridgehead atoms. The molecule has 1 unspecified atom stereocenters. The predicted molar refractivity (Wildman–Crippen MR) is 72.5 cm³/mol. The Labute approximate surface area is 109 Å². The summed E-state index contributed by atoms with van der Waals surface area (Å²) in [6, 6.07) is 7.50. The number of hydrogen-bond acceptors (Lipinski definition) is 3. The average Bonchev–Trinajstić information content (AvgIpc) is 2.36. The maximum absolute atomic E-state index is 11.7. The molecule has 0 heterocycles. The number of ether oxygens (including phenoxy) is 1. The molecule has 4 nitrogen and oxygen atoms in total. The first kappa shape index (κ1) is 14.5. The second-order valence-corrected chi connectivity index (χ2v) is 4.74. The molecule has 1 atom stereocenters. The fourth-order valence-corrected chi connectivity index (χ4v) is 1.50. The van der Waals surface area contributed by atoms with Crippen LogP contribution >= 0.6 is 0 Å². The molecule has 1 rings (SSSR count). The summed E-state index contributed by atoms with van der Waals surface area (Å²) in [5.41, 5.74) is 6.80. The second-order valence-electron chi connectivity index (χ2n) is 4.74. The molecule has 4 heteroatoms. The zero-order chi connectivity index (χ0) is 13.5. The van der Waals surface area contributed by atoms with E-state index in [1.165, 1.54) is 0 Å². The quantitative estimate of drug-likeness (QED) is 0.800. The minimum Gasteiger partial charge on any atom is -0.497 e. The van der Waals surface area contributed by atoms with Crippen LogP contribution in [-0.4, -0.2) is 25.6 Å². The van der Waals surface area contributed by atoms with Crippen molar-refractivity contribution in [2.24, 2.45) is 11.7 Å². The smallest absolute Gasteiger partial charge is 0.224 e. The number of rotatable bonds is 6. The Hall–Kier alpha value is -1.55. The molecule has 1 amide bonds. The van der Waals surface area contributed by atoms with Crippen molar-refractivity contribution in [3.63, 3.8) is 0 Å². The number of carbonyl (C=O) groups excluding carboxylic acids is 1. The normalized spacial score (nSPS) is 12.3. The van der Waals surface area contributed by atoms with Crippen LogP contribution in [0.1, 0.15) is 19.4 Å². The number of carbonyl (C=O) groups is 1. The summed E-state index contributed by atoms with van der Waals surface area (Å²) in [5, 5.41) is 2.84. The molecule has 0 radical (unpaired) electrons. The zero-order valence-corrected chi connectivity index (χ0v) is 11.3. The van der Waals surface area contributed by atoms with Crippen LogP contribution in [0.5, 0.6) is 5.75 Å². The van der Waals surface area contributed by atoms with Crippen LogP contribution in [0.2, 0.25) is 0 Å². The van der Waals surface area contributed by atoms with Crippen LogP contribution in [0.4, 0.5) is 0 Å². The van der Waals surface area contributed by atoms with Gasteiger partial charge in [0.25, 0.3) is 0 Å². The Morgan fingerprint density at radius 3 is 2.78 bits per heavy atom. The Morgan fingerprint density at radius 2 is 2.17 bits per heavy atom. The average molecular weight is 250 g/mol. The predicted octanol–water partition coefficient (Wildman–Crippen LogP) is 1.34. The topological polar surface area (TPSA) is 64.3 Å². The van der Waals surface area contributed by atoms with Gasteiger partial charge in [0.1, 0.15) is 5.75 Å². The molecule has 1 aromatic carbocycles. The minimum absolute atomic E-state index is 0.000686. The Balaban J connectivity index is 2.44. The van der Waals surface area contributed by atoms with E-state index in [0.29, 0.717) is 18.9 Å². The third-order valence-electron chi connectivity index (χ3n) is 2.89. The lowest BCUT2D eigenvalue weighted by Gasteiger charge is -2.16. The van der Waals surface area contributed by atoms with Crippen LogP contribution in [0.15, 0.2) is 24.3 Å². The maximum atomic E-state index is 11.7. The molecule has 0 aliphatic heterocycles.